The van der Waals surface area contributed by atoms with Crippen LogP contribution in [0.2, 0.25) is 0 Å². The van der Waals surface area contributed by atoms with Gasteiger partial charge < -0.3 is 15.1 Å². The molecule has 3 rings (SSSR count). The lowest BCUT2D eigenvalue weighted by Gasteiger charge is -2.35. The van der Waals surface area contributed by atoms with Crippen molar-refractivity contribution in [2.45, 2.75) is 32.7 Å². The van der Waals surface area contributed by atoms with E-state index in [-0.39, 0.29) is 5.91 Å². The van der Waals surface area contributed by atoms with Gasteiger partial charge in [0.05, 0.1) is 6.26 Å². The van der Waals surface area contributed by atoms with Crippen LogP contribution in [-0.2, 0) is 14.8 Å². The van der Waals surface area contributed by atoms with Gasteiger partial charge >= 0.3 is 0 Å². The molecule has 1 aromatic carbocycles. The Morgan fingerprint density at radius 2 is 1.89 bits per heavy atom. The van der Waals surface area contributed by atoms with E-state index in [9.17, 15) is 13.2 Å². The van der Waals surface area contributed by atoms with E-state index in [0.29, 0.717) is 19.4 Å². The highest BCUT2D eigenvalue weighted by Gasteiger charge is 2.36. The Balaban J connectivity index is 1.67. The molecule has 8 heteroatoms. The van der Waals surface area contributed by atoms with Gasteiger partial charge in [0, 0.05) is 44.1 Å². The second kappa shape index (κ2) is 8.16. The van der Waals surface area contributed by atoms with E-state index in [1.807, 2.05) is 19.1 Å². The zero-order valence-corrected chi connectivity index (χ0v) is 17.3. The first-order chi connectivity index (χ1) is 12.8. The Labute approximate surface area is 162 Å². The zero-order chi connectivity index (χ0) is 19.6. The quantitative estimate of drug-likeness (QED) is 0.819. The molecule has 2 aliphatic heterocycles. The van der Waals surface area contributed by atoms with Gasteiger partial charge in [0.25, 0.3) is 0 Å². The Morgan fingerprint density at radius 1 is 1.19 bits per heavy atom. The van der Waals surface area contributed by atoms with Crippen molar-refractivity contribution < 1.29 is 13.2 Å². The first-order valence-corrected chi connectivity index (χ1v) is 11.5. The number of carbonyl (C=O) groups is 1. The van der Waals surface area contributed by atoms with E-state index >= 15 is 0 Å². The maximum atomic E-state index is 12.6. The molecule has 2 aliphatic rings. The number of hydrogen-bond donors (Lipinski definition) is 1. The Bertz CT molecular complexity index is 788. The first kappa shape index (κ1) is 20.1. The van der Waals surface area contributed by atoms with Crippen LogP contribution in [0.5, 0.6) is 0 Å². The number of likely N-dealkylation sites (N-methyl/N-ethyl adjacent to an activating group) is 1. The van der Waals surface area contributed by atoms with Crippen molar-refractivity contribution in [3.05, 3.63) is 23.8 Å². The molecule has 2 heterocycles. The molecule has 0 aromatic heterocycles. The summed E-state index contributed by atoms with van der Waals surface area (Å²) >= 11 is 0. The van der Waals surface area contributed by atoms with E-state index in [1.165, 1.54) is 9.99 Å². The van der Waals surface area contributed by atoms with Crippen molar-refractivity contribution in [1.29, 1.82) is 0 Å². The van der Waals surface area contributed by atoms with Gasteiger partial charge in [-0.05, 0) is 50.1 Å². The fraction of sp³-hybridized carbons (Fsp3) is 0.632. The zero-order valence-electron chi connectivity index (χ0n) is 16.4. The monoisotopic (exact) mass is 394 g/mol. The highest BCUT2D eigenvalue weighted by molar-refractivity contribution is 7.88. The second-order valence-electron chi connectivity index (χ2n) is 7.44. The highest BCUT2D eigenvalue weighted by Crippen LogP contribution is 2.26. The summed E-state index contributed by atoms with van der Waals surface area (Å²) in [6.45, 7) is 9.81. The summed E-state index contributed by atoms with van der Waals surface area (Å²) in [4.78, 5) is 17.5. The maximum absolute atomic E-state index is 12.6. The number of sulfonamides is 1. The summed E-state index contributed by atoms with van der Waals surface area (Å²) < 4.78 is 25.0. The molecule has 0 bridgehead atoms. The third kappa shape index (κ3) is 4.62. The molecule has 1 N–H and O–H groups in total. The van der Waals surface area contributed by atoms with Crippen molar-refractivity contribution in [3.63, 3.8) is 0 Å². The van der Waals surface area contributed by atoms with Gasteiger partial charge in [0.2, 0.25) is 15.9 Å². The van der Waals surface area contributed by atoms with Crippen molar-refractivity contribution in [2.75, 3.05) is 55.7 Å². The fourth-order valence-electron chi connectivity index (χ4n) is 3.92. The molecule has 1 atom stereocenters. The summed E-state index contributed by atoms with van der Waals surface area (Å²) in [6.07, 6.45) is 2.45. The minimum Gasteiger partial charge on any atom is -0.369 e. The number of benzene rings is 1. The van der Waals surface area contributed by atoms with E-state index in [0.717, 1.165) is 50.2 Å². The van der Waals surface area contributed by atoms with Crippen LogP contribution in [0.1, 0.15) is 25.3 Å². The molecular weight excluding hydrogens is 364 g/mol. The summed E-state index contributed by atoms with van der Waals surface area (Å²) in [5.41, 5.74) is 2.90. The molecule has 1 amide bonds. The van der Waals surface area contributed by atoms with Crippen molar-refractivity contribution in [2.24, 2.45) is 0 Å². The number of carbonyl (C=O) groups excluding carboxylic acids is 1. The van der Waals surface area contributed by atoms with Crippen LogP contribution in [0.15, 0.2) is 18.2 Å². The van der Waals surface area contributed by atoms with Crippen LogP contribution in [0.25, 0.3) is 0 Å². The Morgan fingerprint density at radius 3 is 2.48 bits per heavy atom. The molecule has 0 aliphatic carbocycles. The van der Waals surface area contributed by atoms with Crippen LogP contribution < -0.4 is 10.2 Å². The number of hydrogen-bond acceptors (Lipinski definition) is 5. The predicted octanol–water partition coefficient (Wildman–Crippen LogP) is 1.50. The average Bonchev–Trinajstić information content (AvgIpc) is 3.14. The van der Waals surface area contributed by atoms with Gasteiger partial charge in [0.1, 0.15) is 6.04 Å². The van der Waals surface area contributed by atoms with E-state index in [2.05, 4.69) is 28.1 Å². The van der Waals surface area contributed by atoms with E-state index in [4.69, 9.17) is 0 Å². The molecular formula is C19H30N4O3S. The maximum Gasteiger partial charge on any atom is 0.242 e. The standard InChI is InChI=1S/C19H30N4O3S/c1-4-21-10-12-22(13-11-21)16-7-8-17(15(2)14-16)20-19(24)18-6-5-9-23(18)27(3,25)26/h7-8,14,18H,4-6,9-13H2,1-3H3,(H,20,24). The average molecular weight is 395 g/mol. The molecule has 0 radical (unpaired) electrons. The lowest BCUT2D eigenvalue weighted by atomic mass is 10.1. The summed E-state index contributed by atoms with van der Waals surface area (Å²) in [6, 6.07) is 5.45. The SMILES string of the molecule is CCN1CCN(c2ccc(NC(=O)C3CCCN3S(C)(=O)=O)c(C)c2)CC1. The van der Waals surface area contributed by atoms with Crippen molar-refractivity contribution in [3.8, 4) is 0 Å². The third-order valence-corrected chi connectivity index (χ3v) is 6.87. The van der Waals surface area contributed by atoms with Crippen LogP contribution in [-0.4, -0.2) is 75.1 Å². The van der Waals surface area contributed by atoms with Crippen LogP contribution in [0.3, 0.4) is 0 Å². The van der Waals surface area contributed by atoms with Gasteiger partial charge in [0.15, 0.2) is 0 Å². The Kier molecular flexibility index (Phi) is 6.08. The molecule has 1 aromatic rings. The number of nitrogens with zero attached hydrogens (tertiary/aromatic N) is 3. The number of rotatable bonds is 5. The topological polar surface area (TPSA) is 73.0 Å². The molecule has 2 saturated heterocycles. The molecule has 7 nitrogen and oxygen atoms in total. The Hall–Kier alpha value is -1.64. The summed E-state index contributed by atoms with van der Waals surface area (Å²) in [5.74, 6) is -0.245. The molecule has 150 valence electrons. The number of nitrogens with one attached hydrogen (secondary N) is 1. The third-order valence-electron chi connectivity index (χ3n) is 5.58. The van der Waals surface area contributed by atoms with E-state index in [1.54, 1.807) is 0 Å². The number of aryl methyl sites for hydroxylation is 1. The molecule has 27 heavy (non-hydrogen) atoms. The largest absolute Gasteiger partial charge is 0.369 e. The van der Waals surface area contributed by atoms with Gasteiger partial charge in [-0.1, -0.05) is 6.92 Å². The lowest BCUT2D eigenvalue weighted by Crippen LogP contribution is -2.46. The molecule has 0 saturated carbocycles. The van der Waals surface area contributed by atoms with Gasteiger partial charge in [-0.15, -0.1) is 0 Å². The molecule has 0 spiro atoms. The minimum atomic E-state index is -3.37. The van der Waals surface area contributed by atoms with Gasteiger partial charge in [-0.2, -0.15) is 4.31 Å². The van der Waals surface area contributed by atoms with Crippen LogP contribution in [0, 0.1) is 6.92 Å². The number of amides is 1. The smallest absolute Gasteiger partial charge is 0.242 e. The highest BCUT2D eigenvalue weighted by atomic mass is 32.2. The summed E-state index contributed by atoms with van der Waals surface area (Å²) in [7, 11) is -3.37. The van der Waals surface area contributed by atoms with Crippen LogP contribution in [0.4, 0.5) is 11.4 Å². The van der Waals surface area contributed by atoms with E-state index < -0.39 is 16.1 Å². The molecule has 2 fully saturated rings. The summed E-state index contributed by atoms with van der Waals surface area (Å²) in [5, 5.41) is 2.93. The lowest BCUT2D eigenvalue weighted by molar-refractivity contribution is -0.119. The number of anilines is 2. The minimum absolute atomic E-state index is 0.245. The first-order valence-electron chi connectivity index (χ1n) is 9.65. The fourth-order valence-corrected chi connectivity index (χ4v) is 5.05. The number of piperazine rings is 1. The van der Waals surface area contributed by atoms with Gasteiger partial charge in [-0.25, -0.2) is 8.42 Å². The van der Waals surface area contributed by atoms with Crippen molar-refractivity contribution in [1.82, 2.24) is 9.21 Å². The molecule has 1 unspecified atom stereocenters. The second-order valence-corrected chi connectivity index (χ2v) is 9.38. The normalized spacial score (nSPS) is 22.2. The van der Waals surface area contributed by atoms with Crippen molar-refractivity contribution >= 4 is 27.3 Å². The van der Waals surface area contributed by atoms with Crippen LogP contribution >= 0.6 is 0 Å². The van der Waals surface area contributed by atoms with Gasteiger partial charge in [-0.3, -0.25) is 4.79 Å². The predicted molar refractivity (Wildman–Crippen MR) is 109 cm³/mol.